The summed E-state index contributed by atoms with van der Waals surface area (Å²) in [5, 5.41) is 3.11. The van der Waals surface area contributed by atoms with Gasteiger partial charge in [0.05, 0.1) is 13.7 Å². The van der Waals surface area contributed by atoms with Crippen molar-refractivity contribution in [1.29, 1.82) is 0 Å². The summed E-state index contributed by atoms with van der Waals surface area (Å²) >= 11 is 0. The summed E-state index contributed by atoms with van der Waals surface area (Å²) in [5.41, 5.74) is 5.72. The fraction of sp³-hybridized carbons (Fsp3) is 0.533. The predicted molar refractivity (Wildman–Crippen MR) is 82.5 cm³/mol. The molecule has 0 bridgehead atoms. The van der Waals surface area contributed by atoms with Crippen LogP contribution in [0.25, 0.3) is 0 Å². The van der Waals surface area contributed by atoms with Crippen LogP contribution in [0.2, 0.25) is 0 Å². The molecule has 0 heterocycles. The van der Waals surface area contributed by atoms with Gasteiger partial charge in [0, 0.05) is 11.6 Å². The van der Waals surface area contributed by atoms with Crippen molar-refractivity contribution in [1.82, 2.24) is 5.32 Å². The third-order valence-electron chi connectivity index (χ3n) is 2.40. The first-order chi connectivity index (χ1) is 9.30. The molecule has 0 aliphatic carbocycles. The largest absolute Gasteiger partial charge is 0.497 e. The summed E-state index contributed by atoms with van der Waals surface area (Å²) in [5.74, 6) is 1.96. The molecule has 5 nitrogen and oxygen atoms in total. The van der Waals surface area contributed by atoms with Crippen LogP contribution in [0.15, 0.2) is 29.3 Å². The van der Waals surface area contributed by atoms with Gasteiger partial charge < -0.3 is 20.5 Å². The molecule has 3 N–H and O–H groups in total. The molecule has 1 rings (SSSR count). The average Bonchev–Trinajstić information content (AvgIpc) is 2.34. The minimum absolute atomic E-state index is 0.0672. The van der Waals surface area contributed by atoms with Gasteiger partial charge in [-0.1, -0.05) is 6.07 Å². The van der Waals surface area contributed by atoms with E-state index in [1.165, 1.54) is 0 Å². The van der Waals surface area contributed by atoms with Crippen molar-refractivity contribution in [2.45, 2.75) is 39.3 Å². The number of nitrogens with zero attached hydrogens (tertiary/aromatic N) is 1. The van der Waals surface area contributed by atoms with Crippen LogP contribution in [-0.4, -0.2) is 31.3 Å². The summed E-state index contributed by atoms with van der Waals surface area (Å²) in [6, 6.07) is 7.50. The van der Waals surface area contributed by atoms with Crippen LogP contribution in [0.3, 0.4) is 0 Å². The Morgan fingerprint density at radius 2 is 2.00 bits per heavy atom. The number of ether oxygens (including phenoxy) is 2. The molecule has 1 aromatic carbocycles. The molecule has 20 heavy (non-hydrogen) atoms. The molecule has 0 aliphatic rings. The van der Waals surface area contributed by atoms with Gasteiger partial charge >= 0.3 is 0 Å². The minimum atomic E-state index is -0.0928. The number of rotatable bonds is 5. The lowest BCUT2D eigenvalue weighted by atomic mass is 10.1. The molecule has 112 valence electrons. The van der Waals surface area contributed by atoms with Gasteiger partial charge in [-0.05, 0) is 39.8 Å². The van der Waals surface area contributed by atoms with Crippen molar-refractivity contribution in [3.8, 4) is 11.5 Å². The van der Waals surface area contributed by atoms with E-state index in [-0.39, 0.29) is 11.6 Å². The van der Waals surface area contributed by atoms with Crippen molar-refractivity contribution in [2.24, 2.45) is 10.7 Å². The van der Waals surface area contributed by atoms with E-state index in [4.69, 9.17) is 15.2 Å². The van der Waals surface area contributed by atoms with Crippen LogP contribution < -0.4 is 20.5 Å². The number of benzene rings is 1. The van der Waals surface area contributed by atoms with E-state index in [0.717, 1.165) is 11.5 Å². The Labute approximate surface area is 121 Å². The third kappa shape index (κ3) is 6.31. The zero-order valence-electron chi connectivity index (χ0n) is 12.9. The second kappa shape index (κ2) is 7.03. The second-order valence-electron chi connectivity index (χ2n) is 5.71. The van der Waals surface area contributed by atoms with E-state index in [1.54, 1.807) is 7.11 Å². The van der Waals surface area contributed by atoms with Gasteiger partial charge in [-0.2, -0.15) is 0 Å². The normalized spacial score (nSPS) is 13.8. The highest BCUT2D eigenvalue weighted by Gasteiger charge is 2.10. The molecular weight excluding hydrogens is 254 g/mol. The van der Waals surface area contributed by atoms with Crippen LogP contribution in [0.5, 0.6) is 11.5 Å². The first-order valence-corrected chi connectivity index (χ1v) is 6.69. The van der Waals surface area contributed by atoms with Gasteiger partial charge in [-0.15, -0.1) is 0 Å². The van der Waals surface area contributed by atoms with Crippen LogP contribution in [0, 0.1) is 0 Å². The summed E-state index contributed by atoms with van der Waals surface area (Å²) < 4.78 is 10.9. The van der Waals surface area contributed by atoms with Gasteiger partial charge in [0.15, 0.2) is 5.96 Å². The maximum Gasteiger partial charge on any atom is 0.189 e. The van der Waals surface area contributed by atoms with E-state index >= 15 is 0 Å². The van der Waals surface area contributed by atoms with Gasteiger partial charge in [-0.3, -0.25) is 0 Å². The van der Waals surface area contributed by atoms with E-state index in [0.29, 0.717) is 12.5 Å². The molecule has 0 amide bonds. The van der Waals surface area contributed by atoms with Gasteiger partial charge in [0.2, 0.25) is 0 Å². The Bertz CT molecular complexity index is 453. The maximum atomic E-state index is 5.81. The highest BCUT2D eigenvalue weighted by molar-refractivity contribution is 5.78. The second-order valence-corrected chi connectivity index (χ2v) is 5.71. The number of hydrogen-bond acceptors (Lipinski definition) is 3. The van der Waals surface area contributed by atoms with Crippen LogP contribution in [0.1, 0.15) is 27.7 Å². The molecule has 0 aliphatic heterocycles. The zero-order chi connectivity index (χ0) is 15.2. The number of hydrogen-bond donors (Lipinski definition) is 2. The Morgan fingerprint density at radius 3 is 2.60 bits per heavy atom. The first kappa shape index (κ1) is 16.1. The van der Waals surface area contributed by atoms with E-state index in [1.807, 2.05) is 52.0 Å². The van der Waals surface area contributed by atoms with Crippen molar-refractivity contribution in [3.63, 3.8) is 0 Å². The molecule has 0 fully saturated rings. The smallest absolute Gasteiger partial charge is 0.189 e. The Hall–Kier alpha value is -1.91. The molecule has 0 saturated carbocycles. The first-order valence-electron chi connectivity index (χ1n) is 6.69. The molecule has 1 aromatic rings. The summed E-state index contributed by atoms with van der Waals surface area (Å²) in [6.45, 7) is 8.54. The van der Waals surface area contributed by atoms with Gasteiger partial charge in [-0.25, -0.2) is 4.99 Å². The summed E-state index contributed by atoms with van der Waals surface area (Å²) in [7, 11) is 1.63. The van der Waals surface area contributed by atoms with Gasteiger partial charge in [0.25, 0.3) is 0 Å². The standard InChI is InChI=1S/C15H25N3O2/c1-11(10-17-14(16)18-15(2,3)4)20-13-8-6-7-12(9-13)19-5/h6-9,11H,10H2,1-5H3,(H3,16,17,18). The molecule has 1 atom stereocenters. The van der Waals surface area contributed by atoms with Crippen LogP contribution in [-0.2, 0) is 0 Å². The number of guanidine groups is 1. The lowest BCUT2D eigenvalue weighted by Gasteiger charge is -2.21. The topological polar surface area (TPSA) is 68.9 Å². The fourth-order valence-corrected chi connectivity index (χ4v) is 1.59. The zero-order valence-corrected chi connectivity index (χ0v) is 12.9. The molecule has 0 spiro atoms. The maximum absolute atomic E-state index is 5.81. The van der Waals surface area contributed by atoms with E-state index in [9.17, 15) is 0 Å². The van der Waals surface area contributed by atoms with Gasteiger partial charge in [0.1, 0.15) is 17.6 Å². The Kier molecular flexibility index (Phi) is 5.67. The monoisotopic (exact) mass is 279 g/mol. The minimum Gasteiger partial charge on any atom is -0.497 e. The molecule has 1 unspecified atom stereocenters. The van der Waals surface area contributed by atoms with E-state index < -0.39 is 0 Å². The lowest BCUT2D eigenvalue weighted by molar-refractivity contribution is 0.229. The fourth-order valence-electron chi connectivity index (χ4n) is 1.59. The lowest BCUT2D eigenvalue weighted by Crippen LogP contribution is -2.45. The number of nitrogens with two attached hydrogens (primary N) is 1. The molecule has 0 aromatic heterocycles. The highest BCUT2D eigenvalue weighted by atomic mass is 16.5. The van der Waals surface area contributed by atoms with Crippen molar-refractivity contribution >= 4 is 5.96 Å². The van der Waals surface area contributed by atoms with Crippen LogP contribution >= 0.6 is 0 Å². The van der Waals surface area contributed by atoms with Crippen molar-refractivity contribution in [3.05, 3.63) is 24.3 Å². The summed E-state index contributed by atoms with van der Waals surface area (Å²) in [4.78, 5) is 4.28. The number of methoxy groups -OCH3 is 1. The molecule has 5 heteroatoms. The van der Waals surface area contributed by atoms with Crippen molar-refractivity contribution in [2.75, 3.05) is 13.7 Å². The van der Waals surface area contributed by atoms with Crippen LogP contribution in [0.4, 0.5) is 0 Å². The highest BCUT2D eigenvalue weighted by Crippen LogP contribution is 2.19. The SMILES string of the molecule is COc1cccc(OC(C)CN=C(N)NC(C)(C)C)c1. The molecular formula is C15H25N3O2. The molecule has 0 saturated heterocycles. The third-order valence-corrected chi connectivity index (χ3v) is 2.40. The Balaban J connectivity index is 2.51. The summed E-state index contributed by atoms with van der Waals surface area (Å²) in [6.07, 6.45) is -0.0672. The Morgan fingerprint density at radius 1 is 1.35 bits per heavy atom. The molecule has 0 radical (unpaired) electrons. The van der Waals surface area contributed by atoms with E-state index in [2.05, 4.69) is 10.3 Å². The number of aliphatic imine (C=N–C) groups is 1. The predicted octanol–water partition coefficient (Wildman–Crippen LogP) is 2.17. The quantitative estimate of drug-likeness (QED) is 0.640. The van der Waals surface area contributed by atoms with Crippen molar-refractivity contribution < 1.29 is 9.47 Å². The average molecular weight is 279 g/mol. The number of nitrogens with one attached hydrogen (secondary N) is 1.